The number of hydrogen-bond acceptors (Lipinski definition) is 3. The topological polar surface area (TPSA) is 41.6 Å². The number of carbonyl (C=O) groups excluding carboxylic acids is 1. The molecule has 2 saturated heterocycles. The first-order chi connectivity index (χ1) is 9.65. The number of nitrogens with zero attached hydrogens (tertiary/aromatic N) is 1. The first-order valence-corrected chi connectivity index (χ1v) is 7.42. The third-order valence-electron chi connectivity index (χ3n) is 4.04. The van der Waals surface area contributed by atoms with E-state index in [1.54, 1.807) is 0 Å². The van der Waals surface area contributed by atoms with Crippen molar-refractivity contribution < 1.29 is 9.53 Å². The van der Waals surface area contributed by atoms with Crippen LogP contribution in [-0.2, 0) is 9.53 Å². The summed E-state index contributed by atoms with van der Waals surface area (Å²) in [4.78, 5) is 14.3. The Morgan fingerprint density at radius 1 is 1.40 bits per heavy atom. The zero-order valence-electron chi connectivity index (χ0n) is 11.5. The van der Waals surface area contributed by atoms with Gasteiger partial charge in [-0.25, -0.2) is 0 Å². The molecule has 0 saturated carbocycles. The lowest BCUT2D eigenvalue weighted by Crippen LogP contribution is -2.35. The zero-order chi connectivity index (χ0) is 14.1. The fourth-order valence-electron chi connectivity index (χ4n) is 2.90. The number of rotatable bonds is 3. The van der Waals surface area contributed by atoms with E-state index < -0.39 is 0 Å². The van der Waals surface area contributed by atoms with Gasteiger partial charge in [-0.15, -0.1) is 0 Å². The molecule has 2 aliphatic heterocycles. The highest BCUT2D eigenvalue weighted by Crippen LogP contribution is 2.28. The molecule has 1 aromatic rings. The number of nitrogens with one attached hydrogen (secondary N) is 1. The van der Waals surface area contributed by atoms with Crippen LogP contribution in [0.2, 0.25) is 5.02 Å². The number of benzene rings is 1. The summed E-state index contributed by atoms with van der Waals surface area (Å²) in [5, 5.41) is 4.07. The summed E-state index contributed by atoms with van der Waals surface area (Å²) in [6.45, 7) is 4.23. The molecule has 2 heterocycles. The van der Waals surface area contributed by atoms with Gasteiger partial charge in [-0.2, -0.15) is 0 Å². The average molecular weight is 295 g/mol. The lowest BCUT2D eigenvalue weighted by atomic mass is 10.1. The van der Waals surface area contributed by atoms with Crippen molar-refractivity contribution in [2.24, 2.45) is 5.92 Å². The van der Waals surface area contributed by atoms with Crippen molar-refractivity contribution in [1.29, 1.82) is 0 Å². The summed E-state index contributed by atoms with van der Waals surface area (Å²) < 4.78 is 5.41. The summed E-state index contributed by atoms with van der Waals surface area (Å²) in [5.74, 6) is 0.609. The van der Waals surface area contributed by atoms with E-state index in [1.165, 1.54) is 0 Å². The molecule has 3 unspecified atom stereocenters. The summed E-state index contributed by atoms with van der Waals surface area (Å²) >= 11 is 5.93. The van der Waals surface area contributed by atoms with E-state index in [-0.39, 0.29) is 18.1 Å². The van der Waals surface area contributed by atoms with E-state index in [2.05, 4.69) is 5.32 Å². The molecule has 1 amide bonds. The van der Waals surface area contributed by atoms with E-state index >= 15 is 0 Å². The fourth-order valence-corrected chi connectivity index (χ4v) is 3.02. The van der Waals surface area contributed by atoms with Crippen molar-refractivity contribution in [2.75, 3.05) is 19.8 Å². The first-order valence-electron chi connectivity index (χ1n) is 7.05. The SMILES string of the molecule is CC1NC(c2ccc(Cl)cc2)N(CC2CCOC2)C1=O. The van der Waals surface area contributed by atoms with E-state index in [0.29, 0.717) is 10.9 Å². The van der Waals surface area contributed by atoms with Gasteiger partial charge in [0.15, 0.2) is 0 Å². The molecule has 2 fully saturated rings. The highest BCUT2D eigenvalue weighted by molar-refractivity contribution is 6.30. The van der Waals surface area contributed by atoms with Crippen molar-refractivity contribution in [2.45, 2.75) is 25.6 Å². The van der Waals surface area contributed by atoms with Crippen LogP contribution in [0.3, 0.4) is 0 Å². The summed E-state index contributed by atoms with van der Waals surface area (Å²) in [6, 6.07) is 7.54. The van der Waals surface area contributed by atoms with Gasteiger partial charge in [0, 0.05) is 24.1 Å². The Kier molecular flexibility index (Phi) is 3.96. The van der Waals surface area contributed by atoms with Crippen LogP contribution < -0.4 is 5.32 Å². The maximum atomic E-state index is 12.3. The minimum absolute atomic E-state index is 0.0598. The van der Waals surface area contributed by atoms with Crippen LogP contribution in [0.25, 0.3) is 0 Å². The number of ether oxygens (including phenoxy) is 1. The lowest BCUT2D eigenvalue weighted by molar-refractivity contribution is -0.130. The summed E-state index contributed by atoms with van der Waals surface area (Å²) in [7, 11) is 0. The molecule has 0 bridgehead atoms. The second-order valence-electron chi connectivity index (χ2n) is 5.56. The predicted octanol–water partition coefficient (Wildman–Crippen LogP) is 2.20. The monoisotopic (exact) mass is 294 g/mol. The van der Waals surface area contributed by atoms with Crippen LogP contribution in [0, 0.1) is 5.92 Å². The van der Waals surface area contributed by atoms with Gasteiger partial charge in [-0.1, -0.05) is 23.7 Å². The van der Waals surface area contributed by atoms with E-state index in [9.17, 15) is 4.79 Å². The Morgan fingerprint density at radius 3 is 2.80 bits per heavy atom. The lowest BCUT2D eigenvalue weighted by Gasteiger charge is -2.26. The van der Waals surface area contributed by atoms with Crippen molar-refractivity contribution in [1.82, 2.24) is 10.2 Å². The maximum absolute atomic E-state index is 12.3. The van der Waals surface area contributed by atoms with E-state index in [1.807, 2.05) is 36.1 Å². The Labute approximate surface area is 124 Å². The van der Waals surface area contributed by atoms with Gasteiger partial charge >= 0.3 is 0 Å². The number of amides is 1. The van der Waals surface area contributed by atoms with E-state index in [0.717, 1.165) is 31.7 Å². The van der Waals surface area contributed by atoms with Crippen LogP contribution in [0.4, 0.5) is 0 Å². The van der Waals surface area contributed by atoms with Crippen molar-refractivity contribution in [3.05, 3.63) is 34.9 Å². The molecular formula is C15H19ClN2O2. The molecule has 0 radical (unpaired) electrons. The molecule has 0 aromatic heterocycles. The Bertz CT molecular complexity index is 485. The average Bonchev–Trinajstić information content (AvgIpc) is 3.04. The van der Waals surface area contributed by atoms with Gasteiger partial charge in [0.2, 0.25) is 5.91 Å². The van der Waals surface area contributed by atoms with Gasteiger partial charge in [-0.05, 0) is 31.0 Å². The molecule has 3 atom stereocenters. The largest absolute Gasteiger partial charge is 0.381 e. The highest BCUT2D eigenvalue weighted by Gasteiger charge is 2.38. The molecule has 3 rings (SSSR count). The normalized spacial score (nSPS) is 30.2. The van der Waals surface area contributed by atoms with Gasteiger partial charge in [0.25, 0.3) is 0 Å². The predicted molar refractivity (Wildman–Crippen MR) is 77.4 cm³/mol. The molecule has 20 heavy (non-hydrogen) atoms. The van der Waals surface area contributed by atoms with Gasteiger partial charge in [0.05, 0.1) is 12.6 Å². The second kappa shape index (κ2) is 5.72. The minimum Gasteiger partial charge on any atom is -0.381 e. The first kappa shape index (κ1) is 13.9. The second-order valence-corrected chi connectivity index (χ2v) is 6.00. The van der Waals surface area contributed by atoms with Gasteiger partial charge in [-0.3, -0.25) is 10.1 Å². The van der Waals surface area contributed by atoms with Crippen molar-refractivity contribution in [3.63, 3.8) is 0 Å². The Balaban J connectivity index is 1.79. The van der Waals surface area contributed by atoms with Crippen LogP contribution in [-0.4, -0.2) is 36.6 Å². The van der Waals surface area contributed by atoms with Crippen LogP contribution in [0.15, 0.2) is 24.3 Å². The van der Waals surface area contributed by atoms with Gasteiger partial charge in [0.1, 0.15) is 6.17 Å². The number of hydrogen-bond donors (Lipinski definition) is 1. The molecule has 0 aliphatic carbocycles. The minimum atomic E-state index is -0.141. The zero-order valence-corrected chi connectivity index (χ0v) is 12.3. The molecule has 4 nitrogen and oxygen atoms in total. The fraction of sp³-hybridized carbons (Fsp3) is 0.533. The van der Waals surface area contributed by atoms with Crippen LogP contribution in [0.5, 0.6) is 0 Å². The number of carbonyl (C=O) groups is 1. The number of halogens is 1. The molecule has 5 heteroatoms. The third-order valence-corrected chi connectivity index (χ3v) is 4.29. The molecule has 108 valence electrons. The quantitative estimate of drug-likeness (QED) is 0.929. The molecule has 1 N–H and O–H groups in total. The van der Waals surface area contributed by atoms with Crippen molar-refractivity contribution in [3.8, 4) is 0 Å². The summed E-state index contributed by atoms with van der Waals surface area (Å²) in [6.07, 6.45) is 0.973. The summed E-state index contributed by atoms with van der Waals surface area (Å²) in [5.41, 5.74) is 1.08. The van der Waals surface area contributed by atoms with Crippen molar-refractivity contribution >= 4 is 17.5 Å². The van der Waals surface area contributed by atoms with Crippen LogP contribution >= 0.6 is 11.6 Å². The standard InChI is InChI=1S/C15H19ClN2O2/c1-10-15(19)18(8-11-6-7-20-9-11)14(17-10)12-2-4-13(16)5-3-12/h2-5,10-11,14,17H,6-9H2,1H3. The smallest absolute Gasteiger partial charge is 0.241 e. The third kappa shape index (κ3) is 2.68. The van der Waals surface area contributed by atoms with Crippen LogP contribution in [0.1, 0.15) is 25.1 Å². The Morgan fingerprint density at radius 2 is 2.15 bits per heavy atom. The molecule has 0 spiro atoms. The molecule has 1 aromatic carbocycles. The molecule has 2 aliphatic rings. The highest BCUT2D eigenvalue weighted by atomic mass is 35.5. The van der Waals surface area contributed by atoms with Gasteiger partial charge < -0.3 is 9.64 Å². The molecular weight excluding hydrogens is 276 g/mol. The van der Waals surface area contributed by atoms with E-state index in [4.69, 9.17) is 16.3 Å². The maximum Gasteiger partial charge on any atom is 0.241 e. The Hall–Kier alpha value is -1.10.